The van der Waals surface area contributed by atoms with Crippen LogP contribution in [0.4, 0.5) is 0 Å². The van der Waals surface area contributed by atoms with Gasteiger partial charge in [-0.2, -0.15) is 0 Å². The Labute approximate surface area is 803 Å². The van der Waals surface area contributed by atoms with E-state index >= 15 is 4.79 Å². The molecule has 3 fully saturated rings. The van der Waals surface area contributed by atoms with Gasteiger partial charge >= 0.3 is 41.8 Å². The number of nitrogens with zero attached hydrogens (tertiary/aromatic N) is 2. The molecule has 6 N–H and O–H groups in total. The van der Waals surface area contributed by atoms with Gasteiger partial charge in [0.2, 0.25) is 47.5 Å². The number of amides is 8. The van der Waals surface area contributed by atoms with Crippen molar-refractivity contribution in [1.29, 1.82) is 0 Å². The van der Waals surface area contributed by atoms with Gasteiger partial charge in [0.15, 0.2) is 18.9 Å². The molecule has 39 nitrogen and oxygen atoms in total. The second-order valence-electron chi connectivity index (χ2n) is 33.6. The Morgan fingerprint density at radius 1 is 0.426 bits per heavy atom. The minimum Gasteiger partial charge on any atom is -0.497 e. The number of hydrogen-bond acceptors (Lipinski definition) is 32. The van der Waals surface area contributed by atoms with Gasteiger partial charge in [-0.3, -0.25) is 71.9 Å². The Morgan fingerprint density at radius 2 is 0.787 bits per heavy atom. The van der Waals surface area contributed by atoms with Crippen LogP contribution in [-0.2, 0) is 164 Å². The van der Waals surface area contributed by atoms with Crippen LogP contribution >= 0.6 is 8.02 Å². The Kier molecular flexibility index (Phi) is 51.1. The number of nitrogens with one attached hydrogen (secondary N) is 6. The first-order valence-corrected chi connectivity index (χ1v) is 49.8. The average Bonchev–Trinajstić information content (AvgIpc) is 0.748. The van der Waals surface area contributed by atoms with Crippen LogP contribution in [0.15, 0.2) is 78.9 Å². The van der Waals surface area contributed by atoms with E-state index in [0.717, 1.165) is 0 Å². The first-order chi connectivity index (χ1) is 64.8. The molecule has 0 aromatic heterocycles. The second kappa shape index (κ2) is 60.6. The maximum Gasteiger partial charge on any atom is 0.307 e. The summed E-state index contributed by atoms with van der Waals surface area (Å²) in [6.45, 7) is 15.9. The largest absolute Gasteiger partial charge is 0.497 e. The maximum atomic E-state index is 16.0. The van der Waals surface area contributed by atoms with Crippen LogP contribution in [0.5, 0.6) is 11.5 Å². The van der Waals surface area contributed by atoms with Crippen LogP contribution in [0.1, 0.15) is 209 Å². The van der Waals surface area contributed by atoms with E-state index in [-0.39, 0.29) is 153 Å². The van der Waals surface area contributed by atoms with Gasteiger partial charge < -0.3 is 117 Å². The number of methoxy groups -OCH3 is 2. The first kappa shape index (κ1) is 115. The number of carbonyl (C=O) groups is 15. The predicted molar refractivity (Wildman–Crippen MR) is 499 cm³/mol. The van der Waals surface area contributed by atoms with Crippen molar-refractivity contribution >= 4 is 117 Å². The topological polar surface area (TPSA) is 482 Å². The van der Waals surface area contributed by atoms with E-state index in [9.17, 15) is 67.1 Å². The summed E-state index contributed by atoms with van der Waals surface area (Å²) in [5, 5.41) is 14.4. The Bertz CT molecular complexity index is 4380. The highest BCUT2D eigenvalue weighted by Crippen LogP contribution is 2.43. The molecule has 3 aromatic carbocycles. The summed E-state index contributed by atoms with van der Waals surface area (Å²) in [5.74, 6) is -8.35. The zero-order valence-electron chi connectivity index (χ0n) is 80.4. The molecule has 42 heteroatoms. The zero-order chi connectivity index (χ0) is 100.0. The van der Waals surface area contributed by atoms with E-state index in [0.29, 0.717) is 86.0 Å². The Balaban J connectivity index is 1.25. The van der Waals surface area contributed by atoms with Gasteiger partial charge in [0.05, 0.1) is 45.4 Å². The van der Waals surface area contributed by atoms with E-state index in [1.807, 2.05) is 54.6 Å². The second-order valence-corrected chi connectivity index (χ2v) is 37.9. The molecule has 136 heavy (non-hydrogen) atoms. The van der Waals surface area contributed by atoms with E-state index < -0.39 is 184 Å². The van der Waals surface area contributed by atoms with E-state index in [1.165, 1.54) is 81.4 Å². The van der Waals surface area contributed by atoms with E-state index in [2.05, 4.69) is 39.3 Å². The first-order valence-electron chi connectivity index (χ1n) is 46.1. The van der Waals surface area contributed by atoms with Crippen LogP contribution in [0.25, 0.3) is 0 Å². The summed E-state index contributed by atoms with van der Waals surface area (Å²) in [6.07, 6.45) is -6.23. The third-order valence-electron chi connectivity index (χ3n) is 22.8. The minimum atomic E-state index is -1.73. The SMILES string of the molecule is COc1ccc(C(OCC(OC(=O)CCC(=O)N[SH](=P)=S)C(=O)N(CCCNC(=O)CCCCCO[C@@H]2OC(COC(C)=O)[C@H](OC(C)=O)[C@H](C)C2NC(C)=O)CCCN(CCCNC(=O)CCCCCO[C@@H]2OC(COC(C)=O)[C@H](OC(C)=O)[C@H](C)C2NC(C)=O)C(=O)CCCCCO[C@@H]2OC(COC(C)=O)[C@H](OC(C)=O)[C@H](C)C2NC(C)=O)(c2ccccc2)c2ccc(OC)cc2)cc1. The van der Waals surface area contributed by atoms with Crippen molar-refractivity contribution in [3.05, 3.63) is 95.6 Å². The van der Waals surface area contributed by atoms with Crippen molar-refractivity contribution in [3.8, 4) is 11.5 Å². The number of thiol groups is 1. The van der Waals surface area contributed by atoms with Crippen molar-refractivity contribution in [1.82, 2.24) is 41.1 Å². The van der Waals surface area contributed by atoms with Crippen molar-refractivity contribution in [3.63, 3.8) is 0 Å². The van der Waals surface area contributed by atoms with Crippen LogP contribution in [0.2, 0.25) is 0 Å². The van der Waals surface area contributed by atoms with Gasteiger partial charge in [-0.25, -0.2) is 0 Å². The zero-order valence-corrected chi connectivity index (χ0v) is 83.1. The Morgan fingerprint density at radius 3 is 1.15 bits per heavy atom. The quantitative estimate of drug-likeness (QED) is 0.00794. The summed E-state index contributed by atoms with van der Waals surface area (Å²) in [7, 11) is 4.79. The fraction of sp³-hybridized carbons (Fsp3) is 0.649. The summed E-state index contributed by atoms with van der Waals surface area (Å²) in [6, 6.07) is 21.2. The molecule has 3 aliphatic rings. The predicted octanol–water partition coefficient (Wildman–Crippen LogP) is 6.48. The lowest BCUT2D eigenvalue weighted by Gasteiger charge is -2.44. The number of esters is 7. The smallest absolute Gasteiger partial charge is 0.307 e. The lowest BCUT2D eigenvalue weighted by molar-refractivity contribution is -0.262. The molecule has 8 unspecified atom stereocenters. The molecule has 3 saturated heterocycles. The molecule has 0 aliphatic carbocycles. The molecule has 3 heterocycles. The number of unbranched alkanes of at least 4 members (excludes halogenated alkanes) is 6. The summed E-state index contributed by atoms with van der Waals surface area (Å²) in [4.78, 5) is 198. The number of ether oxygens (including phenoxy) is 16. The third kappa shape index (κ3) is 39.8. The highest BCUT2D eigenvalue weighted by Gasteiger charge is 2.51. The molecule has 0 saturated carbocycles. The van der Waals surface area contributed by atoms with Crippen molar-refractivity contribution in [2.75, 3.05) is 99.7 Å². The maximum absolute atomic E-state index is 16.0. The molecule has 0 bridgehead atoms. The van der Waals surface area contributed by atoms with Crippen LogP contribution < -0.4 is 40.8 Å². The van der Waals surface area contributed by atoms with E-state index in [1.54, 1.807) is 49.9 Å². The molecular weight excluding hydrogens is 1830 g/mol. The number of benzene rings is 3. The lowest BCUT2D eigenvalue weighted by Crippen LogP contribution is -2.62. The summed E-state index contributed by atoms with van der Waals surface area (Å²) in [5.41, 5.74) is 0.210. The number of carbonyl (C=O) groups excluding carboxylic acids is 15. The molecule has 8 amide bonds. The van der Waals surface area contributed by atoms with Crippen molar-refractivity contribution in [2.24, 2.45) is 17.8 Å². The average molecular weight is 1970 g/mol. The van der Waals surface area contributed by atoms with Gasteiger partial charge in [-0.05, 0) is 110 Å². The van der Waals surface area contributed by atoms with Crippen LogP contribution in [-0.4, -0.2) is 278 Å². The van der Waals surface area contributed by atoms with E-state index in [4.69, 9.17) is 87.0 Å². The van der Waals surface area contributed by atoms with Crippen molar-refractivity contribution < 1.29 is 148 Å². The van der Waals surface area contributed by atoms with Gasteiger partial charge in [0.25, 0.3) is 5.91 Å². The standard InChI is InChI=1S/C94H139N8O31PS2/c1-58-84(97-61(4)103)91(131-75(54-123-64(7)106)87(58)127-67(10)109)120-51-24-16-21-32-79(112)95-45-27-47-101(82(115)34-23-18-26-53-122-93-86(99-63(6)105)60(3)89(129-69(12)111)77(133-93)56-125-66(9)108)49-29-50-102(48-28-46-96-80(113)33-22-17-25-52-121-92-85(98-62(5)104)59(2)88(128-68(11)110)76(132-92)55-124-65(8)107)90(117)78(130-83(116)44-43-81(114)100-136(134)135)57-126-94(70-30-19-15-20-31-70,71-35-39-73(118-13)40-36-71)72-37-41-74(119-14)42-38-72/h15,19-20,30-31,35-42,58-60,75-78,84-89,91-93,134,136H,16-18,21-29,32-34,43-57H2,1-14H3,(H,95,112)(H,96,113)(H,97,103)(H,98,104)(H,99,105)(H,100,114,135)/t58-,59-,60-,75?,76?,77?,78?,84?,85?,86?,87-,88-,89-,91-,92-,93-/m1/s1. The molecule has 6 rings (SSSR count). The summed E-state index contributed by atoms with van der Waals surface area (Å²) >= 11 is 5.18. The van der Waals surface area contributed by atoms with Gasteiger partial charge in [-0.1, -0.05) is 111 Å². The highest BCUT2D eigenvalue weighted by atomic mass is 32.9. The summed E-state index contributed by atoms with van der Waals surface area (Å²) < 4.78 is 97.0. The van der Waals surface area contributed by atoms with Crippen LogP contribution in [0.3, 0.4) is 0 Å². The molecule has 0 spiro atoms. The Hall–Kier alpha value is -10.1. The molecule has 3 aliphatic heterocycles. The monoisotopic (exact) mass is 1970 g/mol. The molecular formula is C94H139N8O31PS2. The van der Waals surface area contributed by atoms with Crippen LogP contribution in [0, 0.1) is 17.8 Å². The fourth-order valence-corrected chi connectivity index (χ4v) is 17.2. The molecule has 3 aromatic rings. The molecule has 0 radical (unpaired) electrons. The van der Waals surface area contributed by atoms with Gasteiger partial charge in [-0.15, -0.1) is 0 Å². The number of rotatable bonds is 59. The molecule has 17 atom stereocenters. The van der Waals surface area contributed by atoms with Gasteiger partial charge in [0, 0.05) is 165 Å². The van der Waals surface area contributed by atoms with Gasteiger partial charge in [0.1, 0.15) is 73.5 Å². The van der Waals surface area contributed by atoms with Crippen molar-refractivity contribution in [2.45, 2.75) is 278 Å². The molecule has 758 valence electrons. The normalized spacial score (nSPS) is 21.7. The number of hydrogen-bond donors (Lipinski definition) is 7. The highest BCUT2D eigenvalue weighted by molar-refractivity contribution is 8.38. The minimum absolute atomic E-state index is 0.0363. The lowest BCUT2D eigenvalue weighted by atomic mass is 9.80. The fourth-order valence-electron chi connectivity index (χ4n) is 16.2. The third-order valence-corrected chi connectivity index (χ3v) is 23.9.